The fourth-order valence-corrected chi connectivity index (χ4v) is 4.24. The van der Waals surface area contributed by atoms with Gasteiger partial charge in [-0.1, -0.05) is 19.8 Å². The van der Waals surface area contributed by atoms with Gasteiger partial charge in [0.05, 0.1) is 19.3 Å². The molecule has 0 aromatic rings. The van der Waals surface area contributed by atoms with E-state index in [-0.39, 0.29) is 39.1 Å². The van der Waals surface area contributed by atoms with Crippen LogP contribution in [0, 0.1) is 23.7 Å². The molecular weight excluding hydrogens is 398 g/mol. The normalized spacial score (nSPS) is 50.1. The first-order chi connectivity index (χ1) is 11.0. The van der Waals surface area contributed by atoms with Crippen molar-refractivity contribution in [1.82, 2.24) is 0 Å². The van der Waals surface area contributed by atoms with E-state index in [0.29, 0.717) is 25.0 Å². The summed E-state index contributed by atoms with van der Waals surface area (Å²) in [6.45, 7) is 3.24. The second-order valence-electron chi connectivity index (χ2n) is 7.61. The first-order valence-electron chi connectivity index (χ1n) is 8.80. The molecule has 0 bridgehead atoms. The number of hydrogen-bond donors (Lipinski definition) is 1. The standard InChI is InChI=1S/C17H27F3O3.Y/c1-9-2-4-10(5-3-9)11-7-22-17(23-8-11)12-6-13(18)14(19)15(20)16(12)21;/h9-17,21H,2-8H2,1H3;. The van der Waals surface area contributed by atoms with Crippen LogP contribution in [-0.2, 0) is 42.2 Å². The second-order valence-corrected chi connectivity index (χ2v) is 7.61. The van der Waals surface area contributed by atoms with Crippen LogP contribution in [0.25, 0.3) is 0 Å². The predicted molar refractivity (Wildman–Crippen MR) is 79.1 cm³/mol. The van der Waals surface area contributed by atoms with Crippen LogP contribution >= 0.6 is 0 Å². The van der Waals surface area contributed by atoms with Crippen LogP contribution in [0.2, 0.25) is 0 Å². The molecule has 0 aromatic heterocycles. The van der Waals surface area contributed by atoms with Crippen LogP contribution in [0.4, 0.5) is 13.2 Å². The molecule has 1 N–H and O–H groups in total. The number of aliphatic hydroxyl groups excluding tert-OH is 1. The molecule has 137 valence electrons. The molecule has 5 atom stereocenters. The molecule has 1 saturated heterocycles. The summed E-state index contributed by atoms with van der Waals surface area (Å²) in [6, 6.07) is 0. The van der Waals surface area contributed by atoms with Crippen molar-refractivity contribution < 1.29 is 60.5 Å². The van der Waals surface area contributed by atoms with E-state index in [4.69, 9.17) is 9.47 Å². The maximum absolute atomic E-state index is 13.7. The van der Waals surface area contributed by atoms with Crippen molar-refractivity contribution in [3.8, 4) is 0 Å². The Balaban J connectivity index is 0.00000208. The maximum atomic E-state index is 13.7. The Bertz CT molecular complexity index is 387. The first-order valence-corrected chi connectivity index (χ1v) is 8.80. The van der Waals surface area contributed by atoms with Gasteiger partial charge in [-0.15, -0.1) is 0 Å². The fraction of sp³-hybridized carbons (Fsp3) is 1.00. The van der Waals surface area contributed by atoms with E-state index >= 15 is 0 Å². The molecule has 5 unspecified atom stereocenters. The second kappa shape index (κ2) is 9.12. The van der Waals surface area contributed by atoms with Gasteiger partial charge in [-0.2, -0.15) is 0 Å². The molecule has 24 heavy (non-hydrogen) atoms. The van der Waals surface area contributed by atoms with Crippen LogP contribution in [-0.4, -0.2) is 49.2 Å². The summed E-state index contributed by atoms with van der Waals surface area (Å²) in [4.78, 5) is 0. The SMILES string of the molecule is CC1CCC(C2COC(C3CC(F)C(F)C(F)C3O)OC2)CC1.[Y]. The summed E-state index contributed by atoms with van der Waals surface area (Å²) in [7, 11) is 0. The van der Waals surface area contributed by atoms with Crippen molar-refractivity contribution in [3.63, 3.8) is 0 Å². The average Bonchev–Trinajstić information content (AvgIpc) is 2.57. The number of rotatable bonds is 2. The Morgan fingerprint density at radius 1 is 0.875 bits per heavy atom. The summed E-state index contributed by atoms with van der Waals surface area (Å²) >= 11 is 0. The third-order valence-electron chi connectivity index (χ3n) is 5.94. The number of aliphatic hydroxyl groups is 1. The Labute approximate surface area is 166 Å². The summed E-state index contributed by atoms with van der Waals surface area (Å²) in [6.07, 6.45) is -4.30. The van der Waals surface area contributed by atoms with Gasteiger partial charge in [-0.25, -0.2) is 13.2 Å². The van der Waals surface area contributed by atoms with Crippen molar-refractivity contribution in [2.45, 2.75) is 69.9 Å². The predicted octanol–water partition coefficient (Wildman–Crippen LogP) is 3.19. The van der Waals surface area contributed by atoms with Crippen molar-refractivity contribution in [2.75, 3.05) is 13.2 Å². The van der Waals surface area contributed by atoms with Crippen LogP contribution in [0.3, 0.4) is 0 Å². The zero-order valence-corrected chi connectivity index (χ0v) is 17.0. The van der Waals surface area contributed by atoms with Gasteiger partial charge in [0, 0.05) is 44.5 Å². The quantitative estimate of drug-likeness (QED) is 0.739. The van der Waals surface area contributed by atoms with Gasteiger partial charge >= 0.3 is 0 Å². The number of ether oxygens (including phenoxy) is 2. The van der Waals surface area contributed by atoms with E-state index in [1.54, 1.807) is 0 Å². The molecule has 3 fully saturated rings. The summed E-state index contributed by atoms with van der Waals surface area (Å²) in [5.74, 6) is 0.801. The number of hydrogen-bond acceptors (Lipinski definition) is 3. The van der Waals surface area contributed by atoms with Gasteiger partial charge in [0.1, 0.15) is 6.17 Å². The molecule has 3 aliphatic rings. The Morgan fingerprint density at radius 3 is 2.04 bits per heavy atom. The molecule has 0 amide bonds. The molecule has 1 radical (unpaired) electrons. The zero-order valence-electron chi connectivity index (χ0n) is 14.1. The average molecular weight is 425 g/mol. The van der Waals surface area contributed by atoms with Gasteiger partial charge in [-0.3, -0.25) is 0 Å². The minimum Gasteiger partial charge on any atom is -0.389 e. The minimum atomic E-state index is -2.26. The Morgan fingerprint density at radius 2 is 1.46 bits per heavy atom. The molecule has 1 aliphatic heterocycles. The van der Waals surface area contributed by atoms with E-state index in [0.717, 1.165) is 18.8 Å². The van der Waals surface area contributed by atoms with Crippen molar-refractivity contribution in [3.05, 3.63) is 0 Å². The minimum absolute atomic E-state index is 0. The monoisotopic (exact) mass is 425 g/mol. The van der Waals surface area contributed by atoms with Crippen LogP contribution in [0.15, 0.2) is 0 Å². The smallest absolute Gasteiger partial charge is 0.165 e. The molecule has 7 heteroatoms. The van der Waals surface area contributed by atoms with E-state index < -0.39 is 36.8 Å². The first kappa shape index (κ1) is 21.1. The van der Waals surface area contributed by atoms with Gasteiger partial charge in [0.25, 0.3) is 0 Å². The fourth-order valence-electron chi connectivity index (χ4n) is 4.24. The van der Waals surface area contributed by atoms with Crippen molar-refractivity contribution in [2.24, 2.45) is 23.7 Å². The molecule has 0 aromatic carbocycles. The Hall–Kier alpha value is 0.774. The third kappa shape index (κ3) is 4.54. The van der Waals surface area contributed by atoms with Crippen molar-refractivity contribution >= 4 is 0 Å². The van der Waals surface area contributed by atoms with Crippen LogP contribution in [0.5, 0.6) is 0 Å². The summed E-state index contributed by atoms with van der Waals surface area (Å²) < 4.78 is 51.9. The van der Waals surface area contributed by atoms with Crippen LogP contribution in [0.1, 0.15) is 39.0 Å². The van der Waals surface area contributed by atoms with Crippen LogP contribution < -0.4 is 0 Å². The molecule has 2 aliphatic carbocycles. The third-order valence-corrected chi connectivity index (χ3v) is 5.94. The van der Waals surface area contributed by atoms with Gasteiger partial charge < -0.3 is 14.6 Å². The molecule has 1 heterocycles. The molecule has 3 rings (SSSR count). The zero-order chi connectivity index (χ0) is 16.6. The van der Waals surface area contributed by atoms with E-state index in [2.05, 4.69) is 6.92 Å². The molecule has 2 saturated carbocycles. The number of alkyl halides is 3. The Kier molecular flexibility index (Phi) is 8.01. The molecule has 0 spiro atoms. The van der Waals surface area contributed by atoms with E-state index in [9.17, 15) is 18.3 Å². The summed E-state index contributed by atoms with van der Waals surface area (Å²) in [5, 5.41) is 9.88. The van der Waals surface area contributed by atoms with E-state index in [1.165, 1.54) is 12.8 Å². The van der Waals surface area contributed by atoms with Gasteiger partial charge in [0.2, 0.25) is 0 Å². The molecular formula is C17H27F3O3Y. The van der Waals surface area contributed by atoms with Crippen molar-refractivity contribution in [1.29, 1.82) is 0 Å². The number of halogens is 3. The van der Waals surface area contributed by atoms with Gasteiger partial charge in [-0.05, 0) is 31.1 Å². The van der Waals surface area contributed by atoms with Gasteiger partial charge in [0.15, 0.2) is 18.6 Å². The molecule has 3 nitrogen and oxygen atoms in total. The van der Waals surface area contributed by atoms with E-state index in [1.807, 2.05) is 0 Å². The topological polar surface area (TPSA) is 38.7 Å². The maximum Gasteiger partial charge on any atom is 0.165 e. The largest absolute Gasteiger partial charge is 0.389 e. The summed E-state index contributed by atoms with van der Waals surface area (Å²) in [5.41, 5.74) is 0.